The fourth-order valence-electron chi connectivity index (χ4n) is 1.64. The first-order valence-corrected chi connectivity index (χ1v) is 5.80. The molecule has 94 valence electrons. The second-order valence-electron chi connectivity index (χ2n) is 3.99. The zero-order valence-electron chi connectivity index (χ0n) is 9.78. The van der Waals surface area contributed by atoms with Crippen molar-refractivity contribution in [1.82, 2.24) is 0 Å². The molecular formula is C14H12ClFO2. The van der Waals surface area contributed by atoms with Gasteiger partial charge in [-0.15, -0.1) is 0 Å². The Bertz CT molecular complexity index is 529. The van der Waals surface area contributed by atoms with Crippen LogP contribution in [0, 0.1) is 12.7 Å². The summed E-state index contributed by atoms with van der Waals surface area (Å²) in [5, 5.41) is 9.75. The number of phenolic OH excluding ortho intramolecular Hbond substituents is 1. The Hall–Kier alpha value is -1.74. The van der Waals surface area contributed by atoms with Gasteiger partial charge in [0.15, 0.2) is 0 Å². The molecule has 0 radical (unpaired) electrons. The predicted molar refractivity (Wildman–Crippen MR) is 68.6 cm³/mol. The fraction of sp³-hybridized carbons (Fsp3) is 0.143. The van der Waals surface area contributed by atoms with Gasteiger partial charge in [0.1, 0.15) is 23.9 Å². The van der Waals surface area contributed by atoms with E-state index in [1.165, 1.54) is 12.1 Å². The van der Waals surface area contributed by atoms with Crippen molar-refractivity contribution in [3.05, 3.63) is 58.4 Å². The molecule has 0 saturated carbocycles. The summed E-state index contributed by atoms with van der Waals surface area (Å²) in [6.07, 6.45) is 0. The van der Waals surface area contributed by atoms with Gasteiger partial charge in [0.2, 0.25) is 0 Å². The molecule has 2 rings (SSSR count). The van der Waals surface area contributed by atoms with Crippen molar-refractivity contribution in [2.75, 3.05) is 0 Å². The van der Waals surface area contributed by atoms with Gasteiger partial charge in [-0.25, -0.2) is 4.39 Å². The molecule has 0 aliphatic heterocycles. The number of aryl methyl sites for hydroxylation is 1. The van der Waals surface area contributed by atoms with E-state index in [-0.39, 0.29) is 12.4 Å². The lowest BCUT2D eigenvalue weighted by molar-refractivity contribution is 0.298. The SMILES string of the molecule is Cc1cc(O)cc(OCc2c(F)cccc2Cl)c1. The second kappa shape index (κ2) is 5.27. The van der Waals surface area contributed by atoms with Gasteiger partial charge in [-0.2, -0.15) is 0 Å². The van der Waals surface area contributed by atoms with Gasteiger partial charge in [-0.1, -0.05) is 17.7 Å². The molecule has 0 spiro atoms. The zero-order valence-corrected chi connectivity index (χ0v) is 10.5. The Morgan fingerprint density at radius 3 is 2.72 bits per heavy atom. The van der Waals surface area contributed by atoms with Gasteiger partial charge in [-0.05, 0) is 36.8 Å². The standard InChI is InChI=1S/C14H12ClFO2/c1-9-5-10(17)7-11(6-9)18-8-12-13(15)3-2-4-14(12)16/h2-7,17H,8H2,1H3. The van der Waals surface area contributed by atoms with E-state index in [1.54, 1.807) is 24.3 Å². The fourth-order valence-corrected chi connectivity index (χ4v) is 1.86. The van der Waals surface area contributed by atoms with E-state index < -0.39 is 5.82 Å². The van der Waals surface area contributed by atoms with E-state index in [0.29, 0.717) is 16.3 Å². The molecule has 2 nitrogen and oxygen atoms in total. The van der Waals surface area contributed by atoms with Crippen LogP contribution < -0.4 is 4.74 Å². The van der Waals surface area contributed by atoms with Gasteiger partial charge in [-0.3, -0.25) is 0 Å². The lowest BCUT2D eigenvalue weighted by atomic mass is 10.2. The molecule has 2 aromatic rings. The molecule has 0 aliphatic carbocycles. The third-order valence-electron chi connectivity index (χ3n) is 2.48. The van der Waals surface area contributed by atoms with Gasteiger partial charge in [0.25, 0.3) is 0 Å². The normalized spacial score (nSPS) is 10.4. The average molecular weight is 267 g/mol. The Morgan fingerprint density at radius 2 is 2.06 bits per heavy atom. The molecule has 0 heterocycles. The van der Waals surface area contributed by atoms with E-state index in [0.717, 1.165) is 5.56 Å². The van der Waals surface area contributed by atoms with Crippen LogP contribution in [0.25, 0.3) is 0 Å². The van der Waals surface area contributed by atoms with Crippen LogP contribution in [-0.2, 0) is 6.61 Å². The van der Waals surface area contributed by atoms with Gasteiger partial charge in [0, 0.05) is 11.6 Å². The number of phenols is 1. The van der Waals surface area contributed by atoms with E-state index in [2.05, 4.69) is 0 Å². The molecule has 0 saturated heterocycles. The average Bonchev–Trinajstić information content (AvgIpc) is 2.27. The maximum Gasteiger partial charge on any atom is 0.131 e. The zero-order chi connectivity index (χ0) is 13.1. The highest BCUT2D eigenvalue weighted by molar-refractivity contribution is 6.31. The molecule has 18 heavy (non-hydrogen) atoms. The number of ether oxygens (including phenoxy) is 1. The smallest absolute Gasteiger partial charge is 0.131 e. The van der Waals surface area contributed by atoms with Crippen LogP contribution in [0.5, 0.6) is 11.5 Å². The summed E-state index contributed by atoms with van der Waals surface area (Å²) < 4.78 is 18.9. The number of aromatic hydroxyl groups is 1. The summed E-state index contributed by atoms with van der Waals surface area (Å²) in [6.45, 7) is 1.86. The van der Waals surface area contributed by atoms with Crippen molar-refractivity contribution >= 4 is 11.6 Å². The quantitative estimate of drug-likeness (QED) is 0.907. The monoisotopic (exact) mass is 266 g/mol. The number of rotatable bonds is 3. The third kappa shape index (κ3) is 2.93. The number of hydrogen-bond acceptors (Lipinski definition) is 2. The minimum Gasteiger partial charge on any atom is -0.508 e. The summed E-state index contributed by atoms with van der Waals surface area (Å²) in [4.78, 5) is 0. The van der Waals surface area contributed by atoms with Crippen LogP contribution in [0.1, 0.15) is 11.1 Å². The van der Waals surface area contributed by atoms with Gasteiger partial charge < -0.3 is 9.84 Å². The number of hydrogen-bond donors (Lipinski definition) is 1. The molecule has 0 aliphatic rings. The Balaban J connectivity index is 2.16. The molecule has 0 fully saturated rings. The van der Waals surface area contributed by atoms with Crippen molar-refractivity contribution in [1.29, 1.82) is 0 Å². The van der Waals surface area contributed by atoms with Crippen molar-refractivity contribution in [3.63, 3.8) is 0 Å². The van der Waals surface area contributed by atoms with Crippen LogP contribution in [-0.4, -0.2) is 5.11 Å². The Morgan fingerprint density at radius 1 is 1.28 bits per heavy atom. The van der Waals surface area contributed by atoms with Crippen molar-refractivity contribution in [2.24, 2.45) is 0 Å². The topological polar surface area (TPSA) is 29.5 Å². The van der Waals surface area contributed by atoms with E-state index in [9.17, 15) is 9.50 Å². The maximum atomic E-state index is 13.5. The molecular weight excluding hydrogens is 255 g/mol. The van der Waals surface area contributed by atoms with Crippen LogP contribution in [0.4, 0.5) is 4.39 Å². The maximum absolute atomic E-state index is 13.5. The van der Waals surface area contributed by atoms with Crippen LogP contribution in [0.2, 0.25) is 5.02 Å². The largest absolute Gasteiger partial charge is 0.508 e. The summed E-state index contributed by atoms with van der Waals surface area (Å²) in [6, 6.07) is 9.33. The Labute approximate surface area is 110 Å². The van der Waals surface area contributed by atoms with Crippen LogP contribution in [0.3, 0.4) is 0 Å². The van der Waals surface area contributed by atoms with Crippen LogP contribution in [0.15, 0.2) is 36.4 Å². The van der Waals surface area contributed by atoms with E-state index in [1.807, 2.05) is 6.92 Å². The Kier molecular flexibility index (Phi) is 3.72. The van der Waals surface area contributed by atoms with Crippen LogP contribution >= 0.6 is 11.6 Å². The van der Waals surface area contributed by atoms with Crippen molar-refractivity contribution < 1.29 is 14.2 Å². The van der Waals surface area contributed by atoms with E-state index in [4.69, 9.17) is 16.3 Å². The molecule has 0 unspecified atom stereocenters. The first kappa shape index (κ1) is 12.7. The molecule has 0 bridgehead atoms. The molecule has 4 heteroatoms. The minimum absolute atomic E-state index is 0.0222. The predicted octanol–water partition coefficient (Wildman–Crippen LogP) is 4.07. The highest BCUT2D eigenvalue weighted by Crippen LogP contribution is 2.24. The molecule has 0 atom stereocenters. The van der Waals surface area contributed by atoms with Crippen molar-refractivity contribution in [2.45, 2.75) is 13.5 Å². The summed E-state index contributed by atoms with van der Waals surface area (Å²) in [7, 11) is 0. The first-order chi connectivity index (χ1) is 8.56. The van der Waals surface area contributed by atoms with Gasteiger partial charge in [0.05, 0.1) is 5.02 Å². The molecule has 2 aromatic carbocycles. The highest BCUT2D eigenvalue weighted by atomic mass is 35.5. The summed E-state index contributed by atoms with van der Waals surface area (Å²) in [5.74, 6) is 0.191. The molecule has 1 N–H and O–H groups in total. The summed E-state index contributed by atoms with van der Waals surface area (Å²) >= 11 is 5.89. The number of benzene rings is 2. The molecule has 0 amide bonds. The first-order valence-electron chi connectivity index (χ1n) is 5.42. The van der Waals surface area contributed by atoms with Crippen molar-refractivity contribution in [3.8, 4) is 11.5 Å². The molecule has 0 aromatic heterocycles. The minimum atomic E-state index is -0.403. The summed E-state index contributed by atoms with van der Waals surface area (Å²) in [5.41, 5.74) is 1.17. The van der Waals surface area contributed by atoms with Gasteiger partial charge >= 0.3 is 0 Å². The van der Waals surface area contributed by atoms with E-state index >= 15 is 0 Å². The second-order valence-corrected chi connectivity index (χ2v) is 4.40. The highest BCUT2D eigenvalue weighted by Gasteiger charge is 2.08. The number of halogens is 2. The lowest BCUT2D eigenvalue weighted by Crippen LogP contribution is -1.99. The third-order valence-corrected chi connectivity index (χ3v) is 2.83. The lowest BCUT2D eigenvalue weighted by Gasteiger charge is -2.09.